The van der Waals surface area contributed by atoms with Gasteiger partial charge in [0.15, 0.2) is 0 Å². The second-order valence-electron chi connectivity index (χ2n) is 26.6. The molecule has 0 spiro atoms. The van der Waals surface area contributed by atoms with Crippen LogP contribution in [-0.2, 0) is 32.5 Å². The second kappa shape index (κ2) is 19.3. The molecule has 0 amide bonds. The van der Waals surface area contributed by atoms with Crippen LogP contribution in [0.15, 0.2) is 243 Å². The number of hydrogen-bond donors (Lipinski definition) is 0. The normalized spacial score (nSPS) is 16.6. The Kier molecular flexibility index (Phi) is 12.6. The quantitative estimate of drug-likeness (QED) is 0.142. The second-order valence-corrected chi connectivity index (χ2v) is 26.6. The molecule has 10 aromatic carbocycles. The smallest absolute Gasteiger partial charge is 0.0642 e. The van der Waals surface area contributed by atoms with Crippen molar-refractivity contribution >= 4 is 34.1 Å². The zero-order valence-corrected chi connectivity index (χ0v) is 49.0. The third kappa shape index (κ3) is 8.53. The van der Waals surface area contributed by atoms with E-state index in [1.165, 1.54) is 77.9 Å². The van der Waals surface area contributed by atoms with Crippen molar-refractivity contribution in [1.82, 2.24) is 0 Å². The van der Waals surface area contributed by atoms with E-state index in [9.17, 15) is 0 Å². The lowest BCUT2D eigenvalue weighted by atomic mass is 9.49. The van der Waals surface area contributed by atoms with Crippen molar-refractivity contribution in [3.8, 4) is 22.3 Å². The Morgan fingerprint density at radius 2 is 0.463 bits per heavy atom. The highest BCUT2D eigenvalue weighted by molar-refractivity contribution is 5.96. The van der Waals surface area contributed by atoms with Gasteiger partial charge in [-0.1, -0.05) is 253 Å². The first-order chi connectivity index (χ1) is 38.2. The highest BCUT2D eigenvalue weighted by atomic mass is 15.1. The summed E-state index contributed by atoms with van der Waals surface area (Å²) in [6, 6.07) is 93.4. The lowest BCUT2D eigenvalue weighted by Gasteiger charge is -2.51. The fraction of sp³-hybridized carbons (Fsp3) is 0.231. The summed E-state index contributed by atoms with van der Waals surface area (Å²) < 4.78 is 0. The van der Waals surface area contributed by atoms with E-state index < -0.39 is 10.8 Å². The Morgan fingerprint density at radius 1 is 0.225 bits per heavy atom. The van der Waals surface area contributed by atoms with E-state index in [1.54, 1.807) is 0 Å². The molecule has 2 aliphatic rings. The molecule has 12 rings (SSSR count). The van der Waals surface area contributed by atoms with E-state index >= 15 is 0 Å². The van der Waals surface area contributed by atoms with Gasteiger partial charge in [-0.05, 0) is 172 Å². The van der Waals surface area contributed by atoms with E-state index in [0.29, 0.717) is 0 Å². The highest BCUT2D eigenvalue weighted by Crippen LogP contribution is 2.70. The van der Waals surface area contributed by atoms with Crippen LogP contribution in [0, 0.1) is 0 Å². The van der Waals surface area contributed by atoms with Gasteiger partial charge in [0.05, 0.1) is 10.8 Å². The van der Waals surface area contributed by atoms with E-state index in [1.807, 2.05) is 0 Å². The Morgan fingerprint density at radius 3 is 0.738 bits per heavy atom. The minimum atomic E-state index is -0.817. The largest absolute Gasteiger partial charge is 0.310 e. The van der Waals surface area contributed by atoms with Crippen LogP contribution in [-0.4, -0.2) is 0 Å². The molecule has 0 heterocycles. The summed E-state index contributed by atoms with van der Waals surface area (Å²) in [7, 11) is 0. The maximum absolute atomic E-state index is 2.56. The molecule has 0 N–H and O–H groups in total. The van der Waals surface area contributed by atoms with Crippen LogP contribution in [0.5, 0.6) is 0 Å². The molecule has 0 aliphatic heterocycles. The first kappa shape index (κ1) is 52.5. The van der Waals surface area contributed by atoms with Gasteiger partial charge in [-0.3, -0.25) is 0 Å². The SMILES string of the molecule is CC(C)(C)c1ccc(N(c2ccc(C(C)(C)C)cc2)c2ccc3c(c2)C(c2ccccc2)(C2(c4ccccc4)c4ccccc4-c4ccc(N(c5ccc(C(C)(C)C)cc5)c5ccc(C(C)(C)C)cc5)cc42)c2ccccc2-3)cc1. The maximum Gasteiger partial charge on any atom is 0.0642 e. The molecular formula is C78H76N2. The molecule has 0 radical (unpaired) electrons. The number of hydrogen-bond acceptors (Lipinski definition) is 2. The van der Waals surface area contributed by atoms with Gasteiger partial charge in [0, 0.05) is 34.1 Å². The summed E-state index contributed by atoms with van der Waals surface area (Å²) in [6.07, 6.45) is 0. The number of fused-ring (bicyclic) bond motifs is 6. The van der Waals surface area contributed by atoms with Crippen molar-refractivity contribution in [2.24, 2.45) is 0 Å². The molecule has 0 saturated carbocycles. The first-order valence-corrected chi connectivity index (χ1v) is 28.8. The Bertz CT molecular complexity index is 3500. The predicted octanol–water partition coefficient (Wildman–Crippen LogP) is 21.1. The number of rotatable bonds is 9. The van der Waals surface area contributed by atoms with Gasteiger partial charge in [-0.2, -0.15) is 0 Å². The molecule has 80 heavy (non-hydrogen) atoms. The first-order valence-electron chi connectivity index (χ1n) is 28.8. The van der Waals surface area contributed by atoms with Crippen molar-refractivity contribution in [3.63, 3.8) is 0 Å². The third-order valence-corrected chi connectivity index (χ3v) is 17.5. The topological polar surface area (TPSA) is 6.48 Å². The Hall–Kier alpha value is -8.20. The molecule has 2 heteroatoms. The van der Waals surface area contributed by atoms with Gasteiger partial charge >= 0.3 is 0 Å². The van der Waals surface area contributed by atoms with Gasteiger partial charge in [0.25, 0.3) is 0 Å². The third-order valence-electron chi connectivity index (χ3n) is 17.5. The number of nitrogens with zero attached hydrogens (tertiary/aromatic N) is 2. The standard InChI is InChI=1S/C78H76N2/c1-73(2,3)53-31-39-59(40-32-53)79(60-41-33-54(34-42-60)74(4,5)6)63-47-49-67-65-27-19-21-29-69(65)77(71(67)51-63,57-23-15-13-16-24-57)78(58-25-17-14-18-26-58)70-30-22-20-28-66(70)68-50-48-64(52-72(68)78)80(61-43-35-55(36-44-61)75(7,8)9)62-45-37-56(38-46-62)76(10,11)12/h13-52H,1-12H3. The minimum Gasteiger partial charge on any atom is -0.310 e. The van der Waals surface area contributed by atoms with Crippen LogP contribution in [0.4, 0.5) is 34.1 Å². The van der Waals surface area contributed by atoms with Crippen LogP contribution in [0.2, 0.25) is 0 Å². The summed E-state index contributed by atoms with van der Waals surface area (Å²) in [5.74, 6) is 0. The average Bonchev–Trinajstić information content (AvgIpc) is 3.92. The summed E-state index contributed by atoms with van der Waals surface area (Å²) in [5, 5.41) is 0. The lowest BCUT2D eigenvalue weighted by Crippen LogP contribution is -2.50. The Balaban J connectivity index is 1.19. The van der Waals surface area contributed by atoms with E-state index in [-0.39, 0.29) is 21.7 Å². The minimum absolute atomic E-state index is 0.0106. The highest BCUT2D eigenvalue weighted by Gasteiger charge is 2.64. The van der Waals surface area contributed by atoms with Crippen molar-refractivity contribution < 1.29 is 0 Å². The molecule has 2 atom stereocenters. The van der Waals surface area contributed by atoms with Crippen LogP contribution >= 0.6 is 0 Å². The summed E-state index contributed by atoms with van der Waals surface area (Å²) in [6.45, 7) is 27.5. The monoisotopic (exact) mass is 1040 g/mol. The molecule has 0 fully saturated rings. The van der Waals surface area contributed by atoms with Gasteiger partial charge in [0.1, 0.15) is 0 Å². The van der Waals surface area contributed by atoms with Crippen molar-refractivity contribution in [1.29, 1.82) is 0 Å². The molecule has 2 aliphatic carbocycles. The van der Waals surface area contributed by atoms with Crippen molar-refractivity contribution in [2.45, 2.75) is 116 Å². The Labute approximate surface area is 477 Å². The van der Waals surface area contributed by atoms with Gasteiger partial charge in [0.2, 0.25) is 0 Å². The van der Waals surface area contributed by atoms with Gasteiger partial charge in [-0.15, -0.1) is 0 Å². The van der Waals surface area contributed by atoms with E-state index in [2.05, 4.69) is 336 Å². The van der Waals surface area contributed by atoms with Crippen LogP contribution in [0.3, 0.4) is 0 Å². The fourth-order valence-electron chi connectivity index (χ4n) is 13.4. The summed E-state index contributed by atoms with van der Waals surface area (Å²) in [4.78, 5) is 4.96. The molecule has 0 saturated heterocycles. The molecule has 2 nitrogen and oxygen atoms in total. The number of benzene rings is 10. The van der Waals surface area contributed by atoms with Crippen molar-refractivity contribution in [2.75, 3.05) is 9.80 Å². The molecular weight excluding hydrogens is 965 g/mol. The summed E-state index contributed by atoms with van der Waals surface area (Å²) >= 11 is 0. The molecule has 10 aromatic rings. The molecule has 0 aromatic heterocycles. The maximum atomic E-state index is 2.56. The fourth-order valence-corrected chi connectivity index (χ4v) is 13.4. The van der Waals surface area contributed by atoms with Gasteiger partial charge in [-0.25, -0.2) is 0 Å². The molecule has 398 valence electrons. The van der Waals surface area contributed by atoms with E-state index in [0.717, 1.165) is 34.1 Å². The van der Waals surface area contributed by atoms with Gasteiger partial charge < -0.3 is 9.80 Å². The molecule has 2 unspecified atom stereocenters. The zero-order chi connectivity index (χ0) is 56.0. The molecule has 0 bridgehead atoms. The summed E-state index contributed by atoms with van der Waals surface area (Å²) in [5.41, 5.74) is 22.9. The zero-order valence-electron chi connectivity index (χ0n) is 49.0. The van der Waals surface area contributed by atoms with Crippen LogP contribution in [0.25, 0.3) is 22.3 Å². The lowest BCUT2D eigenvalue weighted by molar-refractivity contribution is 0.437. The van der Waals surface area contributed by atoms with Crippen molar-refractivity contribution in [3.05, 3.63) is 298 Å². The van der Waals surface area contributed by atoms with E-state index in [4.69, 9.17) is 0 Å². The van der Waals surface area contributed by atoms with Crippen LogP contribution in [0.1, 0.15) is 139 Å². The average molecular weight is 1040 g/mol. The van der Waals surface area contributed by atoms with Crippen LogP contribution < -0.4 is 9.80 Å². The number of anilines is 6. The predicted molar refractivity (Wildman–Crippen MR) is 341 cm³/mol.